The zero-order valence-electron chi connectivity index (χ0n) is 7.25. The Morgan fingerprint density at radius 2 is 2.08 bits per heavy atom. The van der Waals surface area contributed by atoms with Gasteiger partial charge in [-0.1, -0.05) is 12.8 Å². The van der Waals surface area contributed by atoms with Crippen LogP contribution in [0, 0.1) is 0 Å². The molecule has 0 amide bonds. The largest absolute Gasteiger partial charge is 0.478 e. The zero-order valence-corrected chi connectivity index (χ0v) is 7.25. The van der Waals surface area contributed by atoms with Crippen LogP contribution in [-0.4, -0.2) is 23.8 Å². The minimum atomic E-state index is -0.904. The van der Waals surface area contributed by atoms with Gasteiger partial charge in [0.25, 0.3) is 0 Å². The highest BCUT2D eigenvalue weighted by molar-refractivity contribution is 5.79. The Kier molecular flexibility index (Phi) is 2.87. The van der Waals surface area contributed by atoms with E-state index in [0.717, 1.165) is 25.7 Å². The summed E-state index contributed by atoms with van der Waals surface area (Å²) < 4.78 is 5.30. The summed E-state index contributed by atoms with van der Waals surface area (Å²) >= 11 is 0. The van der Waals surface area contributed by atoms with Crippen LogP contribution >= 0.6 is 0 Å². The monoisotopic (exact) mass is 170 g/mol. The molecule has 1 rings (SSSR count). The van der Waals surface area contributed by atoms with Crippen LogP contribution in [-0.2, 0) is 9.53 Å². The maximum atomic E-state index is 10.3. The molecule has 0 spiro atoms. The summed E-state index contributed by atoms with van der Waals surface area (Å²) in [5.74, 6) is -0.904. The Morgan fingerprint density at radius 3 is 2.50 bits per heavy atom. The fraction of sp³-hybridized carbons (Fsp3) is 0.667. The molecule has 12 heavy (non-hydrogen) atoms. The summed E-state index contributed by atoms with van der Waals surface area (Å²) in [4.78, 5) is 10.3. The van der Waals surface area contributed by atoms with Crippen LogP contribution in [0.4, 0.5) is 0 Å². The number of ether oxygens (including phenoxy) is 1. The molecule has 0 saturated heterocycles. The van der Waals surface area contributed by atoms with Crippen molar-refractivity contribution in [2.75, 3.05) is 7.11 Å². The minimum Gasteiger partial charge on any atom is -0.478 e. The van der Waals surface area contributed by atoms with E-state index in [1.165, 1.54) is 6.08 Å². The third-order valence-corrected chi connectivity index (χ3v) is 2.39. The third kappa shape index (κ3) is 2.08. The van der Waals surface area contributed by atoms with E-state index in [4.69, 9.17) is 9.84 Å². The standard InChI is InChI=1S/C9H14O3/c1-12-9(5-2-3-6-9)7-4-8(10)11/h4,7H,2-3,5-6H2,1H3,(H,10,11)/b7-4+. The molecule has 1 N–H and O–H groups in total. The van der Waals surface area contributed by atoms with Crippen molar-refractivity contribution in [3.05, 3.63) is 12.2 Å². The first-order valence-corrected chi connectivity index (χ1v) is 4.16. The maximum Gasteiger partial charge on any atom is 0.328 e. The fourth-order valence-electron chi connectivity index (χ4n) is 1.64. The van der Waals surface area contributed by atoms with Gasteiger partial charge >= 0.3 is 5.97 Å². The van der Waals surface area contributed by atoms with E-state index in [0.29, 0.717) is 0 Å². The number of carbonyl (C=O) groups is 1. The van der Waals surface area contributed by atoms with Crippen molar-refractivity contribution in [1.29, 1.82) is 0 Å². The first-order valence-electron chi connectivity index (χ1n) is 4.16. The molecular weight excluding hydrogens is 156 g/mol. The van der Waals surface area contributed by atoms with Crippen LogP contribution in [0.5, 0.6) is 0 Å². The van der Waals surface area contributed by atoms with E-state index in [1.807, 2.05) is 0 Å². The molecule has 0 aromatic heterocycles. The number of carboxylic acids is 1. The van der Waals surface area contributed by atoms with Crippen molar-refractivity contribution >= 4 is 5.97 Å². The van der Waals surface area contributed by atoms with Gasteiger partial charge in [0, 0.05) is 13.2 Å². The van der Waals surface area contributed by atoms with E-state index in [2.05, 4.69) is 0 Å². The molecule has 1 fully saturated rings. The molecule has 1 aliphatic rings. The Labute approximate surface area is 72.0 Å². The highest BCUT2D eigenvalue weighted by atomic mass is 16.5. The lowest BCUT2D eigenvalue weighted by molar-refractivity contribution is -0.131. The van der Waals surface area contributed by atoms with Crippen LogP contribution in [0.2, 0.25) is 0 Å². The van der Waals surface area contributed by atoms with Crippen LogP contribution in [0.25, 0.3) is 0 Å². The van der Waals surface area contributed by atoms with Gasteiger partial charge in [0.1, 0.15) is 0 Å². The molecule has 0 radical (unpaired) electrons. The predicted molar refractivity (Wildman–Crippen MR) is 45.0 cm³/mol. The van der Waals surface area contributed by atoms with E-state index in [1.54, 1.807) is 13.2 Å². The number of aliphatic carboxylic acids is 1. The Balaban J connectivity index is 2.61. The van der Waals surface area contributed by atoms with E-state index < -0.39 is 5.97 Å². The highest BCUT2D eigenvalue weighted by Crippen LogP contribution is 2.33. The van der Waals surface area contributed by atoms with Gasteiger partial charge in [0.15, 0.2) is 0 Å². The fourth-order valence-corrected chi connectivity index (χ4v) is 1.64. The molecular formula is C9H14O3. The Morgan fingerprint density at radius 1 is 1.50 bits per heavy atom. The average Bonchev–Trinajstić information content (AvgIpc) is 2.50. The first-order chi connectivity index (χ1) is 5.68. The summed E-state index contributed by atoms with van der Waals surface area (Å²) in [7, 11) is 1.64. The molecule has 0 heterocycles. The number of methoxy groups -OCH3 is 1. The summed E-state index contributed by atoms with van der Waals surface area (Å²) in [5, 5.41) is 8.44. The van der Waals surface area contributed by atoms with E-state index >= 15 is 0 Å². The summed E-state index contributed by atoms with van der Waals surface area (Å²) in [6, 6.07) is 0. The lowest BCUT2D eigenvalue weighted by atomic mass is 10.0. The van der Waals surface area contributed by atoms with Crippen molar-refractivity contribution in [2.24, 2.45) is 0 Å². The van der Waals surface area contributed by atoms with Crippen LogP contribution in [0.1, 0.15) is 25.7 Å². The molecule has 1 aliphatic carbocycles. The van der Waals surface area contributed by atoms with Gasteiger partial charge in [-0.2, -0.15) is 0 Å². The number of carboxylic acid groups (broad SMARTS) is 1. The highest BCUT2D eigenvalue weighted by Gasteiger charge is 2.30. The third-order valence-electron chi connectivity index (χ3n) is 2.39. The average molecular weight is 170 g/mol. The Hall–Kier alpha value is -0.830. The predicted octanol–water partition coefficient (Wildman–Crippen LogP) is 1.59. The molecule has 3 nitrogen and oxygen atoms in total. The van der Waals surface area contributed by atoms with Crippen molar-refractivity contribution in [3.8, 4) is 0 Å². The molecule has 3 heteroatoms. The summed E-state index contributed by atoms with van der Waals surface area (Å²) in [6.45, 7) is 0. The molecule has 0 aromatic carbocycles. The Bertz CT molecular complexity index is 190. The smallest absolute Gasteiger partial charge is 0.328 e. The quantitative estimate of drug-likeness (QED) is 0.654. The van der Waals surface area contributed by atoms with Crippen molar-refractivity contribution < 1.29 is 14.6 Å². The number of hydrogen-bond donors (Lipinski definition) is 1. The molecule has 0 atom stereocenters. The van der Waals surface area contributed by atoms with Crippen LogP contribution in [0.3, 0.4) is 0 Å². The van der Waals surface area contributed by atoms with Crippen molar-refractivity contribution in [3.63, 3.8) is 0 Å². The maximum absolute atomic E-state index is 10.3. The first kappa shape index (κ1) is 9.26. The molecule has 0 bridgehead atoms. The molecule has 0 unspecified atom stereocenters. The lowest BCUT2D eigenvalue weighted by Crippen LogP contribution is -2.24. The minimum absolute atomic E-state index is 0.293. The van der Waals surface area contributed by atoms with Crippen molar-refractivity contribution in [1.82, 2.24) is 0 Å². The van der Waals surface area contributed by atoms with E-state index in [-0.39, 0.29) is 5.60 Å². The van der Waals surface area contributed by atoms with Gasteiger partial charge in [0.05, 0.1) is 5.60 Å². The van der Waals surface area contributed by atoms with Crippen LogP contribution < -0.4 is 0 Å². The molecule has 0 aromatic rings. The molecule has 68 valence electrons. The lowest BCUT2D eigenvalue weighted by Gasteiger charge is -2.22. The second-order valence-electron chi connectivity index (χ2n) is 3.15. The summed E-state index contributed by atoms with van der Waals surface area (Å²) in [5.41, 5.74) is -0.293. The van der Waals surface area contributed by atoms with Crippen LogP contribution in [0.15, 0.2) is 12.2 Å². The SMILES string of the molecule is COC1(/C=C/C(=O)O)CCCC1. The second kappa shape index (κ2) is 3.72. The van der Waals surface area contributed by atoms with Gasteiger partial charge in [-0.15, -0.1) is 0 Å². The van der Waals surface area contributed by atoms with Crippen molar-refractivity contribution in [2.45, 2.75) is 31.3 Å². The second-order valence-corrected chi connectivity index (χ2v) is 3.15. The topological polar surface area (TPSA) is 46.5 Å². The zero-order chi connectivity index (χ0) is 9.03. The number of rotatable bonds is 3. The van der Waals surface area contributed by atoms with Gasteiger partial charge in [-0.05, 0) is 18.9 Å². The van der Waals surface area contributed by atoms with Gasteiger partial charge in [-0.25, -0.2) is 4.79 Å². The normalized spacial score (nSPS) is 21.8. The molecule has 0 aliphatic heterocycles. The number of hydrogen-bond acceptors (Lipinski definition) is 2. The van der Waals surface area contributed by atoms with Gasteiger partial charge < -0.3 is 9.84 Å². The summed E-state index contributed by atoms with van der Waals surface area (Å²) in [6.07, 6.45) is 6.97. The van der Waals surface area contributed by atoms with E-state index in [9.17, 15) is 4.79 Å². The molecule has 1 saturated carbocycles. The van der Waals surface area contributed by atoms with Gasteiger partial charge in [0.2, 0.25) is 0 Å². The van der Waals surface area contributed by atoms with Gasteiger partial charge in [-0.3, -0.25) is 0 Å².